The van der Waals surface area contributed by atoms with E-state index in [1.807, 2.05) is 26.7 Å². The van der Waals surface area contributed by atoms with Gasteiger partial charge in [-0.3, -0.25) is 14.3 Å². The standard InChI is InChI=1S/C17H24N4O2/c22-16-9-14(11-20(16)10-13-4-5-13)17(23)19-7-1-3-15(12-19)21-8-2-6-18-21/h2,6,8,13-15H,1,3-5,7,9-12H2/t14-,15-/m0/s1. The molecule has 0 N–H and O–H groups in total. The molecular weight excluding hydrogens is 292 g/mol. The Balaban J connectivity index is 1.37. The Labute approximate surface area is 136 Å². The Morgan fingerprint density at radius 1 is 1.26 bits per heavy atom. The lowest BCUT2D eigenvalue weighted by Gasteiger charge is -2.34. The molecule has 1 aromatic heterocycles. The lowest BCUT2D eigenvalue weighted by Crippen LogP contribution is -2.44. The van der Waals surface area contributed by atoms with Crippen molar-refractivity contribution in [3.05, 3.63) is 18.5 Å². The van der Waals surface area contributed by atoms with Crippen molar-refractivity contribution in [2.75, 3.05) is 26.2 Å². The highest BCUT2D eigenvalue weighted by Crippen LogP contribution is 2.32. The maximum Gasteiger partial charge on any atom is 0.228 e. The number of aromatic nitrogens is 2. The van der Waals surface area contributed by atoms with Crippen LogP contribution in [0.1, 0.15) is 38.1 Å². The third-order valence-corrected chi connectivity index (χ3v) is 5.35. The van der Waals surface area contributed by atoms with Crippen LogP contribution in [-0.4, -0.2) is 57.6 Å². The molecule has 2 aliphatic heterocycles. The van der Waals surface area contributed by atoms with Gasteiger partial charge in [0.15, 0.2) is 0 Å². The molecule has 4 rings (SSSR count). The summed E-state index contributed by atoms with van der Waals surface area (Å²) in [4.78, 5) is 28.8. The number of piperidine rings is 1. The zero-order valence-corrected chi connectivity index (χ0v) is 13.4. The molecular formula is C17H24N4O2. The number of hydrogen-bond acceptors (Lipinski definition) is 3. The van der Waals surface area contributed by atoms with Crippen LogP contribution in [0.5, 0.6) is 0 Å². The number of likely N-dealkylation sites (tertiary alicyclic amines) is 2. The van der Waals surface area contributed by atoms with Crippen LogP contribution in [0.2, 0.25) is 0 Å². The molecule has 3 aliphatic rings. The number of carbonyl (C=O) groups excluding carboxylic acids is 2. The average Bonchev–Trinajstić information content (AvgIpc) is 3.08. The van der Waals surface area contributed by atoms with Crippen molar-refractivity contribution in [3.8, 4) is 0 Å². The topological polar surface area (TPSA) is 58.4 Å². The molecule has 2 saturated heterocycles. The number of amides is 2. The minimum absolute atomic E-state index is 0.141. The van der Waals surface area contributed by atoms with E-state index < -0.39 is 0 Å². The van der Waals surface area contributed by atoms with E-state index in [0.29, 0.717) is 25.4 Å². The molecule has 0 unspecified atom stereocenters. The van der Waals surface area contributed by atoms with Crippen LogP contribution in [0.15, 0.2) is 18.5 Å². The summed E-state index contributed by atoms with van der Waals surface area (Å²) in [5, 5.41) is 4.31. The fourth-order valence-corrected chi connectivity index (χ4v) is 3.85. The molecule has 0 bridgehead atoms. The van der Waals surface area contributed by atoms with Gasteiger partial charge < -0.3 is 9.80 Å². The molecule has 1 aromatic rings. The molecule has 2 atom stereocenters. The summed E-state index contributed by atoms with van der Waals surface area (Å²) in [6.07, 6.45) is 8.68. The Bertz CT molecular complexity index is 581. The van der Waals surface area contributed by atoms with Crippen LogP contribution >= 0.6 is 0 Å². The summed E-state index contributed by atoms with van der Waals surface area (Å²) in [5.41, 5.74) is 0. The highest BCUT2D eigenvalue weighted by atomic mass is 16.2. The van der Waals surface area contributed by atoms with Crippen LogP contribution in [0.4, 0.5) is 0 Å². The van der Waals surface area contributed by atoms with Gasteiger partial charge in [0.25, 0.3) is 0 Å². The van der Waals surface area contributed by atoms with Crippen molar-refractivity contribution in [3.63, 3.8) is 0 Å². The molecule has 1 saturated carbocycles. The van der Waals surface area contributed by atoms with Gasteiger partial charge in [-0.2, -0.15) is 5.10 Å². The van der Waals surface area contributed by atoms with E-state index in [1.165, 1.54) is 12.8 Å². The number of hydrogen-bond donors (Lipinski definition) is 0. The van der Waals surface area contributed by atoms with E-state index in [9.17, 15) is 9.59 Å². The predicted octanol–water partition coefficient (Wildman–Crippen LogP) is 1.31. The summed E-state index contributed by atoms with van der Waals surface area (Å²) in [6, 6.07) is 2.19. The van der Waals surface area contributed by atoms with Crippen molar-refractivity contribution in [1.29, 1.82) is 0 Å². The van der Waals surface area contributed by atoms with E-state index in [-0.39, 0.29) is 23.8 Å². The van der Waals surface area contributed by atoms with E-state index in [4.69, 9.17) is 0 Å². The Morgan fingerprint density at radius 2 is 2.13 bits per heavy atom. The first-order valence-corrected chi connectivity index (χ1v) is 8.76. The van der Waals surface area contributed by atoms with Crippen molar-refractivity contribution >= 4 is 11.8 Å². The minimum Gasteiger partial charge on any atom is -0.342 e. The predicted molar refractivity (Wildman–Crippen MR) is 84.5 cm³/mol. The number of rotatable bonds is 4. The van der Waals surface area contributed by atoms with E-state index in [2.05, 4.69) is 5.10 Å². The van der Waals surface area contributed by atoms with Crippen LogP contribution in [-0.2, 0) is 9.59 Å². The first kappa shape index (κ1) is 14.7. The normalized spacial score (nSPS) is 28.4. The van der Waals surface area contributed by atoms with Gasteiger partial charge in [-0.05, 0) is 37.7 Å². The lowest BCUT2D eigenvalue weighted by molar-refractivity contribution is -0.137. The van der Waals surface area contributed by atoms with Gasteiger partial charge >= 0.3 is 0 Å². The van der Waals surface area contributed by atoms with Crippen LogP contribution in [0.25, 0.3) is 0 Å². The molecule has 6 heteroatoms. The van der Waals surface area contributed by atoms with Crippen molar-refractivity contribution in [2.45, 2.75) is 38.1 Å². The summed E-state index contributed by atoms with van der Waals surface area (Å²) in [7, 11) is 0. The van der Waals surface area contributed by atoms with Gasteiger partial charge in [0, 0.05) is 45.0 Å². The largest absolute Gasteiger partial charge is 0.342 e. The van der Waals surface area contributed by atoms with Crippen molar-refractivity contribution in [1.82, 2.24) is 19.6 Å². The number of nitrogens with zero attached hydrogens (tertiary/aromatic N) is 4. The van der Waals surface area contributed by atoms with Gasteiger partial charge in [0.1, 0.15) is 0 Å². The van der Waals surface area contributed by atoms with Gasteiger partial charge in [0.05, 0.1) is 12.0 Å². The summed E-state index contributed by atoms with van der Waals surface area (Å²) in [5.74, 6) is 0.869. The first-order chi connectivity index (χ1) is 11.2. The van der Waals surface area contributed by atoms with Crippen LogP contribution in [0.3, 0.4) is 0 Å². The highest BCUT2D eigenvalue weighted by Gasteiger charge is 2.39. The second kappa shape index (κ2) is 5.98. The summed E-state index contributed by atoms with van der Waals surface area (Å²) in [6.45, 7) is 3.01. The molecule has 6 nitrogen and oxygen atoms in total. The minimum atomic E-state index is -0.141. The van der Waals surface area contributed by atoms with E-state index in [1.54, 1.807) is 6.20 Å². The van der Waals surface area contributed by atoms with Crippen LogP contribution < -0.4 is 0 Å². The lowest BCUT2D eigenvalue weighted by atomic mass is 10.0. The molecule has 0 radical (unpaired) electrons. The van der Waals surface area contributed by atoms with Gasteiger partial charge in [-0.1, -0.05) is 0 Å². The summed E-state index contributed by atoms with van der Waals surface area (Å²) >= 11 is 0. The number of carbonyl (C=O) groups is 2. The molecule has 23 heavy (non-hydrogen) atoms. The second-order valence-electron chi connectivity index (χ2n) is 7.21. The third kappa shape index (κ3) is 3.12. The molecule has 0 aromatic carbocycles. The van der Waals surface area contributed by atoms with Gasteiger partial charge in [-0.25, -0.2) is 0 Å². The molecule has 124 valence electrons. The summed E-state index contributed by atoms with van der Waals surface area (Å²) < 4.78 is 1.96. The molecule has 3 fully saturated rings. The SMILES string of the molecule is O=C1C[C@H](C(=O)N2CCC[C@H](n3cccn3)C2)CN1CC1CC1. The third-order valence-electron chi connectivity index (χ3n) is 5.35. The highest BCUT2D eigenvalue weighted by molar-refractivity contribution is 5.89. The molecule has 0 spiro atoms. The Kier molecular flexibility index (Phi) is 3.83. The Morgan fingerprint density at radius 3 is 2.87 bits per heavy atom. The smallest absolute Gasteiger partial charge is 0.228 e. The molecule has 1 aliphatic carbocycles. The molecule has 3 heterocycles. The van der Waals surface area contributed by atoms with Crippen molar-refractivity contribution < 1.29 is 9.59 Å². The monoisotopic (exact) mass is 316 g/mol. The van der Waals surface area contributed by atoms with Crippen molar-refractivity contribution in [2.24, 2.45) is 11.8 Å². The first-order valence-electron chi connectivity index (χ1n) is 8.76. The van der Waals surface area contributed by atoms with Gasteiger partial charge in [-0.15, -0.1) is 0 Å². The fourth-order valence-electron chi connectivity index (χ4n) is 3.85. The Hall–Kier alpha value is -1.85. The van der Waals surface area contributed by atoms with E-state index in [0.717, 1.165) is 25.9 Å². The maximum absolute atomic E-state index is 12.8. The quantitative estimate of drug-likeness (QED) is 0.841. The average molecular weight is 316 g/mol. The maximum atomic E-state index is 12.8. The second-order valence-corrected chi connectivity index (χ2v) is 7.21. The van der Waals surface area contributed by atoms with E-state index >= 15 is 0 Å². The molecule has 2 amide bonds. The zero-order valence-electron chi connectivity index (χ0n) is 13.4. The fraction of sp³-hybridized carbons (Fsp3) is 0.706. The zero-order chi connectivity index (χ0) is 15.8. The van der Waals surface area contributed by atoms with Crippen LogP contribution in [0, 0.1) is 11.8 Å². The van der Waals surface area contributed by atoms with Gasteiger partial charge in [0.2, 0.25) is 11.8 Å².